The molecule has 0 spiro atoms. The minimum Gasteiger partial charge on any atom is -0.472 e. The van der Waals surface area contributed by atoms with Gasteiger partial charge in [0.25, 0.3) is 0 Å². The van der Waals surface area contributed by atoms with Crippen molar-refractivity contribution in [3.8, 4) is 0 Å². The van der Waals surface area contributed by atoms with Gasteiger partial charge >= 0.3 is 0 Å². The third kappa shape index (κ3) is 2.72. The minimum absolute atomic E-state index is 0.406. The van der Waals surface area contributed by atoms with Crippen LogP contribution in [0.3, 0.4) is 0 Å². The van der Waals surface area contributed by atoms with E-state index in [0.29, 0.717) is 6.04 Å². The van der Waals surface area contributed by atoms with E-state index in [1.54, 1.807) is 6.26 Å². The summed E-state index contributed by atoms with van der Waals surface area (Å²) in [7, 11) is 0. The Kier molecular flexibility index (Phi) is 3.21. The molecule has 0 radical (unpaired) electrons. The normalized spacial score (nSPS) is 27.5. The summed E-state index contributed by atoms with van der Waals surface area (Å²) in [5, 5.41) is 3.62. The summed E-state index contributed by atoms with van der Waals surface area (Å²) in [5.41, 5.74) is 1.25. The second-order valence-electron chi connectivity index (χ2n) is 5.57. The molecule has 1 aliphatic heterocycles. The molecule has 1 aromatic heterocycles. The van der Waals surface area contributed by atoms with Gasteiger partial charge in [-0.15, -0.1) is 0 Å². The maximum Gasteiger partial charge on any atom is 0.0950 e. The van der Waals surface area contributed by atoms with E-state index in [2.05, 4.69) is 17.1 Å². The lowest BCUT2D eigenvalue weighted by Crippen LogP contribution is -2.29. The Morgan fingerprint density at radius 1 is 1.47 bits per heavy atom. The zero-order valence-electron chi connectivity index (χ0n) is 10.6. The summed E-state index contributed by atoms with van der Waals surface area (Å²) in [6.45, 7) is 5.96. The Morgan fingerprint density at radius 3 is 3.06 bits per heavy atom. The maximum atomic E-state index is 5.12. The summed E-state index contributed by atoms with van der Waals surface area (Å²) >= 11 is 0. The standard InChI is InChI=1S/C14H22N2O/c1-11(13-5-7-17-10-13)15-8-12-4-6-16(9-12)14-2-3-14/h5,7,10-12,14-15H,2-4,6,8-9H2,1H3. The molecule has 0 aromatic carbocycles. The van der Waals surface area contributed by atoms with Gasteiger partial charge in [-0.2, -0.15) is 0 Å². The molecule has 0 bridgehead atoms. The summed E-state index contributed by atoms with van der Waals surface area (Å²) in [5.74, 6) is 0.838. The van der Waals surface area contributed by atoms with Gasteiger partial charge in [0, 0.05) is 24.2 Å². The highest BCUT2D eigenvalue weighted by Gasteiger charge is 2.34. The fourth-order valence-corrected chi connectivity index (χ4v) is 2.78. The molecule has 2 heterocycles. The van der Waals surface area contributed by atoms with Crippen molar-refractivity contribution in [1.29, 1.82) is 0 Å². The summed E-state index contributed by atoms with van der Waals surface area (Å²) < 4.78 is 5.12. The first-order valence-corrected chi connectivity index (χ1v) is 6.82. The van der Waals surface area contributed by atoms with E-state index in [1.807, 2.05) is 12.3 Å². The minimum atomic E-state index is 0.406. The molecule has 3 rings (SSSR count). The summed E-state index contributed by atoms with van der Waals surface area (Å²) in [6, 6.07) is 3.39. The van der Waals surface area contributed by atoms with Crippen LogP contribution in [-0.2, 0) is 0 Å². The molecule has 2 aliphatic rings. The molecule has 1 aromatic rings. The van der Waals surface area contributed by atoms with Crippen molar-refractivity contribution in [2.24, 2.45) is 5.92 Å². The van der Waals surface area contributed by atoms with Gasteiger partial charge in [0.15, 0.2) is 0 Å². The average molecular weight is 234 g/mol. The Balaban J connectivity index is 1.42. The molecule has 0 amide bonds. The van der Waals surface area contributed by atoms with Gasteiger partial charge in [-0.3, -0.25) is 0 Å². The molecular weight excluding hydrogens is 212 g/mol. The van der Waals surface area contributed by atoms with Gasteiger partial charge in [-0.25, -0.2) is 0 Å². The Hall–Kier alpha value is -0.800. The van der Waals surface area contributed by atoms with Gasteiger partial charge in [-0.1, -0.05) is 0 Å². The zero-order valence-corrected chi connectivity index (χ0v) is 10.6. The highest BCUT2D eigenvalue weighted by Crippen LogP contribution is 2.31. The smallest absolute Gasteiger partial charge is 0.0950 e. The molecule has 1 saturated heterocycles. The van der Waals surface area contributed by atoms with Gasteiger partial charge in [-0.05, 0) is 51.3 Å². The van der Waals surface area contributed by atoms with Crippen LogP contribution in [0.4, 0.5) is 0 Å². The highest BCUT2D eigenvalue weighted by molar-refractivity contribution is 5.10. The fourth-order valence-electron chi connectivity index (χ4n) is 2.78. The molecule has 2 unspecified atom stereocenters. The first kappa shape index (κ1) is 11.3. The molecule has 94 valence electrons. The van der Waals surface area contributed by atoms with E-state index in [9.17, 15) is 0 Å². The van der Waals surface area contributed by atoms with Crippen molar-refractivity contribution in [2.75, 3.05) is 19.6 Å². The van der Waals surface area contributed by atoms with Gasteiger partial charge in [0.05, 0.1) is 12.5 Å². The predicted molar refractivity (Wildman–Crippen MR) is 67.8 cm³/mol. The first-order chi connectivity index (χ1) is 8.33. The molecule has 2 atom stereocenters. The number of nitrogens with zero attached hydrogens (tertiary/aromatic N) is 1. The van der Waals surface area contributed by atoms with Gasteiger partial charge in [0.1, 0.15) is 0 Å². The lowest BCUT2D eigenvalue weighted by atomic mass is 10.1. The van der Waals surface area contributed by atoms with Crippen LogP contribution >= 0.6 is 0 Å². The quantitative estimate of drug-likeness (QED) is 0.848. The number of hydrogen-bond donors (Lipinski definition) is 1. The van der Waals surface area contributed by atoms with Crippen LogP contribution in [0.5, 0.6) is 0 Å². The molecule has 1 saturated carbocycles. The fraction of sp³-hybridized carbons (Fsp3) is 0.714. The van der Waals surface area contributed by atoms with E-state index in [4.69, 9.17) is 4.42 Å². The van der Waals surface area contributed by atoms with E-state index < -0.39 is 0 Å². The Bertz CT molecular complexity index is 345. The van der Waals surface area contributed by atoms with Crippen LogP contribution in [0.1, 0.15) is 37.8 Å². The van der Waals surface area contributed by atoms with Crippen molar-refractivity contribution in [3.63, 3.8) is 0 Å². The van der Waals surface area contributed by atoms with Crippen LogP contribution in [0.25, 0.3) is 0 Å². The summed E-state index contributed by atoms with van der Waals surface area (Å²) in [6.07, 6.45) is 7.82. The molecule has 2 fully saturated rings. The third-order valence-corrected chi connectivity index (χ3v) is 4.14. The Labute approximate surface area is 103 Å². The van der Waals surface area contributed by atoms with Crippen LogP contribution < -0.4 is 5.32 Å². The van der Waals surface area contributed by atoms with Crippen molar-refractivity contribution in [3.05, 3.63) is 24.2 Å². The molecule has 17 heavy (non-hydrogen) atoms. The predicted octanol–water partition coefficient (Wildman–Crippen LogP) is 2.41. The van der Waals surface area contributed by atoms with E-state index >= 15 is 0 Å². The van der Waals surface area contributed by atoms with Gasteiger partial charge in [0.2, 0.25) is 0 Å². The third-order valence-electron chi connectivity index (χ3n) is 4.14. The first-order valence-electron chi connectivity index (χ1n) is 6.82. The highest BCUT2D eigenvalue weighted by atomic mass is 16.3. The molecule has 3 nitrogen and oxygen atoms in total. The molecular formula is C14H22N2O. The van der Waals surface area contributed by atoms with Crippen LogP contribution in [-0.4, -0.2) is 30.6 Å². The van der Waals surface area contributed by atoms with Gasteiger partial charge < -0.3 is 14.6 Å². The van der Waals surface area contributed by atoms with Crippen molar-refractivity contribution < 1.29 is 4.42 Å². The average Bonchev–Trinajstić information content (AvgIpc) is 2.88. The molecule has 1 N–H and O–H groups in total. The van der Waals surface area contributed by atoms with Crippen LogP contribution in [0, 0.1) is 5.92 Å². The molecule has 3 heteroatoms. The lowest BCUT2D eigenvalue weighted by Gasteiger charge is -2.17. The largest absolute Gasteiger partial charge is 0.472 e. The maximum absolute atomic E-state index is 5.12. The zero-order chi connectivity index (χ0) is 11.7. The monoisotopic (exact) mass is 234 g/mol. The topological polar surface area (TPSA) is 28.4 Å². The lowest BCUT2D eigenvalue weighted by molar-refractivity contribution is 0.310. The van der Waals surface area contributed by atoms with E-state index in [0.717, 1.165) is 18.5 Å². The number of likely N-dealkylation sites (tertiary alicyclic amines) is 1. The summed E-state index contributed by atoms with van der Waals surface area (Å²) in [4.78, 5) is 2.68. The van der Waals surface area contributed by atoms with Crippen LogP contribution in [0.2, 0.25) is 0 Å². The number of nitrogens with one attached hydrogen (secondary N) is 1. The second-order valence-corrected chi connectivity index (χ2v) is 5.57. The van der Waals surface area contributed by atoms with Crippen molar-refractivity contribution >= 4 is 0 Å². The van der Waals surface area contributed by atoms with Crippen LogP contribution in [0.15, 0.2) is 23.0 Å². The van der Waals surface area contributed by atoms with E-state index in [1.165, 1.54) is 37.9 Å². The molecule has 1 aliphatic carbocycles. The second kappa shape index (κ2) is 4.83. The van der Waals surface area contributed by atoms with Crippen molar-refractivity contribution in [2.45, 2.75) is 38.3 Å². The number of rotatable bonds is 5. The van der Waals surface area contributed by atoms with Crippen molar-refractivity contribution in [1.82, 2.24) is 10.2 Å². The SMILES string of the molecule is CC(NCC1CCN(C2CC2)C1)c1ccoc1. The number of furan rings is 1. The van der Waals surface area contributed by atoms with E-state index in [-0.39, 0.29) is 0 Å². The Morgan fingerprint density at radius 2 is 2.35 bits per heavy atom. The number of hydrogen-bond acceptors (Lipinski definition) is 3.